The van der Waals surface area contributed by atoms with E-state index in [2.05, 4.69) is 36.9 Å². The second kappa shape index (κ2) is 6.47. The molecule has 0 bridgehead atoms. The van der Waals surface area contributed by atoms with Crippen molar-refractivity contribution >= 4 is 17.4 Å². The Morgan fingerprint density at radius 1 is 1.26 bits per heavy atom. The van der Waals surface area contributed by atoms with Crippen LogP contribution in [0.4, 0.5) is 5.82 Å². The molecule has 0 atom stereocenters. The van der Waals surface area contributed by atoms with Gasteiger partial charge in [-0.3, -0.25) is 0 Å². The van der Waals surface area contributed by atoms with E-state index in [1.807, 2.05) is 6.92 Å². The molecule has 2 rings (SSSR count). The summed E-state index contributed by atoms with van der Waals surface area (Å²) in [5.74, 6) is 2.20. The molecule has 2 heterocycles. The molecule has 2 aromatic heterocycles. The lowest BCUT2D eigenvalue weighted by molar-refractivity contribution is 0.410. The van der Waals surface area contributed by atoms with Crippen LogP contribution >= 0.6 is 11.6 Å². The number of rotatable bonds is 6. The Labute approximate surface area is 116 Å². The molecule has 0 aliphatic heterocycles. The molecule has 0 spiro atoms. The van der Waals surface area contributed by atoms with Crippen LogP contribution in [0, 0.1) is 6.92 Å². The number of halogens is 1. The fourth-order valence-corrected chi connectivity index (χ4v) is 1.82. The summed E-state index contributed by atoms with van der Waals surface area (Å²) in [6.45, 7) is 4.65. The Morgan fingerprint density at radius 2 is 2.11 bits per heavy atom. The van der Waals surface area contributed by atoms with Crippen molar-refractivity contribution in [3.05, 3.63) is 28.8 Å². The maximum Gasteiger partial charge on any atom is 0.213 e. The first-order valence-corrected chi connectivity index (χ1v) is 6.60. The number of hydrogen-bond donors (Lipinski definition) is 1. The Hall–Kier alpha value is -1.69. The molecule has 0 saturated carbocycles. The van der Waals surface area contributed by atoms with E-state index in [0.29, 0.717) is 23.9 Å². The largest absolute Gasteiger partial charge is 0.369 e. The maximum atomic E-state index is 6.10. The first kappa shape index (κ1) is 13.7. The molecule has 0 aliphatic carbocycles. The van der Waals surface area contributed by atoms with Gasteiger partial charge in [-0.1, -0.05) is 23.7 Å². The van der Waals surface area contributed by atoms with Gasteiger partial charge in [0.05, 0.1) is 0 Å². The van der Waals surface area contributed by atoms with E-state index in [4.69, 9.17) is 11.6 Å². The van der Waals surface area contributed by atoms with Gasteiger partial charge in [0.1, 0.15) is 16.8 Å². The molecule has 0 aromatic carbocycles. The van der Waals surface area contributed by atoms with Gasteiger partial charge in [0.15, 0.2) is 5.82 Å². The predicted molar refractivity (Wildman–Crippen MR) is 72.3 cm³/mol. The zero-order valence-corrected chi connectivity index (χ0v) is 11.7. The van der Waals surface area contributed by atoms with Crippen molar-refractivity contribution in [1.82, 2.24) is 20.1 Å². The molecule has 0 unspecified atom stereocenters. The minimum absolute atomic E-state index is 0.500. The van der Waals surface area contributed by atoms with Gasteiger partial charge in [0.2, 0.25) is 6.39 Å². The maximum absolute atomic E-state index is 6.10. The van der Waals surface area contributed by atoms with Gasteiger partial charge in [-0.2, -0.15) is 4.98 Å². The highest BCUT2D eigenvalue weighted by atomic mass is 35.5. The molecular weight excluding hydrogens is 266 g/mol. The van der Waals surface area contributed by atoms with E-state index in [-0.39, 0.29) is 0 Å². The molecule has 7 heteroatoms. The highest BCUT2D eigenvalue weighted by Gasteiger charge is 2.09. The highest BCUT2D eigenvalue weighted by Crippen LogP contribution is 2.20. The molecule has 0 amide bonds. The average Bonchev–Trinajstić information content (AvgIpc) is 2.88. The second-order valence-corrected chi connectivity index (χ2v) is 4.54. The molecule has 1 N–H and O–H groups in total. The molecular formula is C12H16ClN5O. The minimum Gasteiger partial charge on any atom is -0.369 e. The summed E-state index contributed by atoms with van der Waals surface area (Å²) in [6.07, 6.45) is 3.80. The van der Waals surface area contributed by atoms with Crippen molar-refractivity contribution in [3.8, 4) is 0 Å². The number of nitrogens with one attached hydrogen (secondary N) is 1. The van der Waals surface area contributed by atoms with Crippen molar-refractivity contribution in [2.45, 2.75) is 33.1 Å². The van der Waals surface area contributed by atoms with Gasteiger partial charge in [-0.25, -0.2) is 9.97 Å². The van der Waals surface area contributed by atoms with Crippen molar-refractivity contribution in [2.24, 2.45) is 0 Å². The summed E-state index contributed by atoms with van der Waals surface area (Å²) >= 11 is 6.10. The summed E-state index contributed by atoms with van der Waals surface area (Å²) in [6, 6.07) is 0. The van der Waals surface area contributed by atoms with Gasteiger partial charge in [0, 0.05) is 24.9 Å². The van der Waals surface area contributed by atoms with Gasteiger partial charge in [-0.05, 0) is 13.3 Å². The lowest BCUT2D eigenvalue weighted by Gasteiger charge is -2.10. The van der Waals surface area contributed by atoms with E-state index in [1.54, 1.807) is 0 Å². The zero-order valence-electron chi connectivity index (χ0n) is 11.0. The zero-order chi connectivity index (χ0) is 13.7. The third-order valence-corrected chi connectivity index (χ3v) is 3.02. The van der Waals surface area contributed by atoms with E-state index in [0.717, 1.165) is 30.0 Å². The molecule has 102 valence electrons. The predicted octanol–water partition coefficient (Wildman–Crippen LogP) is 2.43. The average molecular weight is 282 g/mol. The van der Waals surface area contributed by atoms with Crippen LogP contribution in [0.15, 0.2) is 10.9 Å². The first-order valence-electron chi connectivity index (χ1n) is 6.22. The van der Waals surface area contributed by atoms with E-state index in [1.165, 1.54) is 6.39 Å². The number of aryl methyl sites for hydroxylation is 1. The van der Waals surface area contributed by atoms with Crippen molar-refractivity contribution < 1.29 is 4.52 Å². The Morgan fingerprint density at radius 3 is 2.79 bits per heavy atom. The molecule has 0 fully saturated rings. The Kier molecular flexibility index (Phi) is 4.68. The molecule has 2 aromatic rings. The van der Waals surface area contributed by atoms with Crippen LogP contribution in [0.1, 0.15) is 30.6 Å². The van der Waals surface area contributed by atoms with Crippen molar-refractivity contribution in [1.29, 1.82) is 0 Å². The number of anilines is 1. The van der Waals surface area contributed by atoms with Gasteiger partial charge in [0.25, 0.3) is 0 Å². The number of aromatic nitrogens is 4. The Bertz CT molecular complexity index is 529. The van der Waals surface area contributed by atoms with Crippen LogP contribution in [0.2, 0.25) is 5.15 Å². The third-order valence-electron chi connectivity index (χ3n) is 2.65. The van der Waals surface area contributed by atoms with Crippen LogP contribution in [-0.2, 0) is 12.8 Å². The normalized spacial score (nSPS) is 10.7. The van der Waals surface area contributed by atoms with E-state index < -0.39 is 0 Å². The third kappa shape index (κ3) is 3.64. The topological polar surface area (TPSA) is 76.7 Å². The first-order chi connectivity index (χ1) is 9.20. The van der Waals surface area contributed by atoms with E-state index >= 15 is 0 Å². The quantitative estimate of drug-likeness (QED) is 0.820. The molecule has 19 heavy (non-hydrogen) atoms. The van der Waals surface area contributed by atoms with Crippen LogP contribution in [-0.4, -0.2) is 26.7 Å². The summed E-state index contributed by atoms with van der Waals surface area (Å²) < 4.78 is 4.68. The summed E-state index contributed by atoms with van der Waals surface area (Å²) in [4.78, 5) is 12.7. The number of hydrogen-bond acceptors (Lipinski definition) is 6. The van der Waals surface area contributed by atoms with Crippen LogP contribution in [0.25, 0.3) is 0 Å². The SMILES string of the molecule is CCCc1nc(Cl)c(C)c(NCCc2ncon2)n1. The second-order valence-electron chi connectivity index (χ2n) is 4.18. The standard InChI is InChI=1S/C12H16ClN5O/c1-3-4-10-16-11(13)8(2)12(17-10)14-6-5-9-15-7-19-18-9/h7H,3-6H2,1-2H3,(H,14,16,17). The lowest BCUT2D eigenvalue weighted by atomic mass is 10.3. The number of nitrogens with zero attached hydrogens (tertiary/aromatic N) is 4. The van der Waals surface area contributed by atoms with Crippen molar-refractivity contribution in [3.63, 3.8) is 0 Å². The molecule has 0 radical (unpaired) electrons. The minimum atomic E-state index is 0.500. The fourth-order valence-electron chi connectivity index (χ4n) is 1.64. The van der Waals surface area contributed by atoms with Gasteiger partial charge >= 0.3 is 0 Å². The lowest BCUT2D eigenvalue weighted by Crippen LogP contribution is -2.11. The monoisotopic (exact) mass is 281 g/mol. The van der Waals surface area contributed by atoms with Crippen LogP contribution in [0.5, 0.6) is 0 Å². The van der Waals surface area contributed by atoms with Crippen LogP contribution in [0.3, 0.4) is 0 Å². The summed E-state index contributed by atoms with van der Waals surface area (Å²) in [5.41, 5.74) is 0.856. The van der Waals surface area contributed by atoms with Gasteiger partial charge < -0.3 is 9.84 Å². The fraction of sp³-hybridized carbons (Fsp3) is 0.500. The highest BCUT2D eigenvalue weighted by molar-refractivity contribution is 6.30. The van der Waals surface area contributed by atoms with Gasteiger partial charge in [-0.15, -0.1) is 0 Å². The molecule has 6 nitrogen and oxygen atoms in total. The van der Waals surface area contributed by atoms with E-state index in [9.17, 15) is 0 Å². The molecule has 0 saturated heterocycles. The molecule has 0 aliphatic rings. The Balaban J connectivity index is 2.02. The summed E-state index contributed by atoms with van der Waals surface area (Å²) in [5, 5.41) is 7.48. The van der Waals surface area contributed by atoms with Crippen LogP contribution < -0.4 is 5.32 Å². The summed E-state index contributed by atoms with van der Waals surface area (Å²) in [7, 11) is 0. The van der Waals surface area contributed by atoms with Crippen molar-refractivity contribution in [2.75, 3.05) is 11.9 Å². The smallest absolute Gasteiger partial charge is 0.213 e.